The lowest BCUT2D eigenvalue weighted by atomic mass is 9.95. The summed E-state index contributed by atoms with van der Waals surface area (Å²) in [6.45, 7) is 0. The number of pyridine rings is 1. The van der Waals surface area contributed by atoms with Gasteiger partial charge in [0.1, 0.15) is 6.04 Å². The molecule has 5 heteroatoms. The van der Waals surface area contributed by atoms with Gasteiger partial charge >= 0.3 is 5.97 Å². The van der Waals surface area contributed by atoms with Crippen LogP contribution in [0.1, 0.15) is 25.0 Å². The Bertz CT molecular complexity index is 394. The lowest BCUT2D eigenvalue weighted by Crippen LogP contribution is -2.47. The average Bonchev–Trinajstić information content (AvgIpc) is 2.32. The van der Waals surface area contributed by atoms with Gasteiger partial charge in [-0.25, -0.2) is 0 Å². The van der Waals surface area contributed by atoms with Gasteiger partial charge in [-0.05, 0) is 47.3 Å². The molecule has 0 saturated carbocycles. The molecular weight excluding hydrogens is 284 g/mol. The van der Waals surface area contributed by atoms with Gasteiger partial charge in [-0.2, -0.15) is 0 Å². The number of rotatable bonds is 3. The van der Waals surface area contributed by atoms with E-state index in [-0.39, 0.29) is 6.04 Å². The molecule has 2 heterocycles. The number of carboxylic acid groups (broad SMARTS) is 1. The van der Waals surface area contributed by atoms with E-state index in [1.54, 1.807) is 6.20 Å². The maximum Gasteiger partial charge on any atom is 0.320 e. The minimum atomic E-state index is -0.751. The van der Waals surface area contributed by atoms with E-state index in [0.717, 1.165) is 35.8 Å². The van der Waals surface area contributed by atoms with Crippen LogP contribution in [-0.4, -0.2) is 28.1 Å². The Kier molecular flexibility index (Phi) is 4.12. The SMILES string of the molecule is O=C(O)C1CCCC(Cc2ccc(Br)cn2)N1. The molecule has 17 heavy (non-hydrogen) atoms. The molecule has 2 unspecified atom stereocenters. The fourth-order valence-electron chi connectivity index (χ4n) is 2.15. The van der Waals surface area contributed by atoms with Gasteiger partial charge in [0.15, 0.2) is 0 Å². The van der Waals surface area contributed by atoms with Crippen molar-refractivity contribution in [1.82, 2.24) is 10.3 Å². The Labute approximate surface area is 109 Å². The fraction of sp³-hybridized carbons (Fsp3) is 0.500. The number of halogens is 1. The first-order valence-electron chi connectivity index (χ1n) is 5.74. The van der Waals surface area contributed by atoms with E-state index < -0.39 is 12.0 Å². The smallest absolute Gasteiger partial charge is 0.320 e. The van der Waals surface area contributed by atoms with Gasteiger partial charge in [0.25, 0.3) is 0 Å². The summed E-state index contributed by atoms with van der Waals surface area (Å²) >= 11 is 3.34. The highest BCUT2D eigenvalue weighted by atomic mass is 79.9. The Morgan fingerprint density at radius 2 is 2.35 bits per heavy atom. The fourth-order valence-corrected chi connectivity index (χ4v) is 2.39. The lowest BCUT2D eigenvalue weighted by molar-refractivity contribution is -0.140. The summed E-state index contributed by atoms with van der Waals surface area (Å²) in [5.41, 5.74) is 0.997. The van der Waals surface area contributed by atoms with Crippen LogP contribution in [-0.2, 0) is 11.2 Å². The van der Waals surface area contributed by atoms with Crippen molar-refractivity contribution in [3.8, 4) is 0 Å². The van der Waals surface area contributed by atoms with Crippen LogP contribution in [0.25, 0.3) is 0 Å². The number of piperidine rings is 1. The summed E-state index contributed by atoms with van der Waals surface area (Å²) < 4.78 is 0.960. The highest BCUT2D eigenvalue weighted by Crippen LogP contribution is 2.16. The van der Waals surface area contributed by atoms with Crippen LogP contribution in [0.15, 0.2) is 22.8 Å². The van der Waals surface area contributed by atoms with E-state index in [4.69, 9.17) is 5.11 Å². The normalized spacial score (nSPS) is 24.5. The maximum atomic E-state index is 10.9. The van der Waals surface area contributed by atoms with Crippen LogP contribution in [0, 0.1) is 0 Å². The first-order chi connectivity index (χ1) is 8.15. The number of carbonyl (C=O) groups is 1. The van der Waals surface area contributed by atoms with E-state index in [9.17, 15) is 4.79 Å². The molecule has 2 atom stereocenters. The summed E-state index contributed by atoms with van der Waals surface area (Å²) in [6, 6.07) is 3.75. The second-order valence-electron chi connectivity index (χ2n) is 4.36. The Balaban J connectivity index is 1.94. The molecule has 4 nitrogen and oxygen atoms in total. The van der Waals surface area contributed by atoms with Crippen molar-refractivity contribution >= 4 is 21.9 Å². The summed E-state index contributed by atoms with van der Waals surface area (Å²) in [5, 5.41) is 12.1. The van der Waals surface area contributed by atoms with Gasteiger partial charge in [-0.1, -0.05) is 0 Å². The largest absolute Gasteiger partial charge is 0.480 e. The van der Waals surface area contributed by atoms with Crippen molar-refractivity contribution in [1.29, 1.82) is 0 Å². The van der Waals surface area contributed by atoms with Gasteiger partial charge in [0.2, 0.25) is 0 Å². The zero-order valence-electron chi connectivity index (χ0n) is 9.40. The van der Waals surface area contributed by atoms with Gasteiger partial charge < -0.3 is 10.4 Å². The van der Waals surface area contributed by atoms with Crippen molar-refractivity contribution in [3.05, 3.63) is 28.5 Å². The molecule has 1 saturated heterocycles. The Hall–Kier alpha value is -0.940. The number of aliphatic carboxylic acids is 1. The molecule has 0 amide bonds. The van der Waals surface area contributed by atoms with E-state index in [2.05, 4.69) is 26.2 Å². The van der Waals surface area contributed by atoms with Crippen LogP contribution in [0.5, 0.6) is 0 Å². The van der Waals surface area contributed by atoms with Gasteiger partial charge in [-0.15, -0.1) is 0 Å². The van der Waals surface area contributed by atoms with Crippen LogP contribution < -0.4 is 5.32 Å². The third kappa shape index (κ3) is 3.51. The monoisotopic (exact) mass is 298 g/mol. The number of hydrogen-bond donors (Lipinski definition) is 2. The first kappa shape index (κ1) is 12.5. The maximum absolute atomic E-state index is 10.9. The van der Waals surface area contributed by atoms with Crippen LogP contribution in [0.2, 0.25) is 0 Å². The van der Waals surface area contributed by atoms with Crippen molar-refractivity contribution in [2.75, 3.05) is 0 Å². The van der Waals surface area contributed by atoms with Crippen LogP contribution in [0.4, 0.5) is 0 Å². The molecule has 0 radical (unpaired) electrons. The molecule has 0 spiro atoms. The zero-order chi connectivity index (χ0) is 12.3. The molecule has 1 aromatic rings. The molecule has 0 aliphatic carbocycles. The molecular formula is C12H15BrN2O2. The van der Waals surface area contributed by atoms with Crippen molar-refractivity contribution in [3.63, 3.8) is 0 Å². The zero-order valence-corrected chi connectivity index (χ0v) is 11.0. The summed E-state index contributed by atoms with van der Waals surface area (Å²) in [5.74, 6) is -0.751. The van der Waals surface area contributed by atoms with Crippen molar-refractivity contribution < 1.29 is 9.90 Å². The number of aromatic nitrogens is 1. The van der Waals surface area contributed by atoms with E-state index >= 15 is 0 Å². The van der Waals surface area contributed by atoms with Gasteiger partial charge in [0, 0.05) is 28.8 Å². The number of carboxylic acids is 1. The predicted molar refractivity (Wildman–Crippen MR) is 67.8 cm³/mol. The molecule has 1 fully saturated rings. The van der Waals surface area contributed by atoms with E-state index in [1.165, 1.54) is 0 Å². The minimum absolute atomic E-state index is 0.221. The Morgan fingerprint density at radius 3 is 3.00 bits per heavy atom. The van der Waals surface area contributed by atoms with Crippen LogP contribution in [0.3, 0.4) is 0 Å². The van der Waals surface area contributed by atoms with Crippen LogP contribution >= 0.6 is 15.9 Å². The molecule has 0 bridgehead atoms. The third-order valence-corrected chi connectivity index (χ3v) is 3.49. The highest BCUT2D eigenvalue weighted by Gasteiger charge is 2.25. The standard InChI is InChI=1S/C12H15BrN2O2/c13-8-4-5-9(14-7-8)6-10-2-1-3-11(15-10)12(16)17/h4-5,7,10-11,15H,1-3,6H2,(H,16,17). The summed E-state index contributed by atoms with van der Waals surface area (Å²) in [6.07, 6.45) is 5.26. The van der Waals surface area contributed by atoms with Gasteiger partial charge in [0.05, 0.1) is 0 Å². The predicted octanol–water partition coefficient (Wildman–Crippen LogP) is 1.98. The Morgan fingerprint density at radius 1 is 1.53 bits per heavy atom. The number of hydrogen-bond acceptors (Lipinski definition) is 3. The molecule has 2 N–H and O–H groups in total. The average molecular weight is 299 g/mol. The second kappa shape index (κ2) is 5.60. The van der Waals surface area contributed by atoms with E-state index in [0.29, 0.717) is 0 Å². The first-order valence-corrected chi connectivity index (χ1v) is 6.54. The number of nitrogens with zero attached hydrogens (tertiary/aromatic N) is 1. The molecule has 92 valence electrons. The molecule has 1 aromatic heterocycles. The highest BCUT2D eigenvalue weighted by molar-refractivity contribution is 9.10. The summed E-state index contributed by atoms with van der Waals surface area (Å²) in [4.78, 5) is 15.2. The van der Waals surface area contributed by atoms with Crippen molar-refractivity contribution in [2.24, 2.45) is 0 Å². The van der Waals surface area contributed by atoms with E-state index in [1.807, 2.05) is 12.1 Å². The summed E-state index contributed by atoms with van der Waals surface area (Å²) in [7, 11) is 0. The lowest BCUT2D eigenvalue weighted by Gasteiger charge is -2.28. The number of nitrogens with one attached hydrogen (secondary N) is 1. The molecule has 0 aromatic carbocycles. The molecule has 1 aliphatic rings. The third-order valence-electron chi connectivity index (χ3n) is 3.02. The van der Waals surface area contributed by atoms with Gasteiger partial charge in [-0.3, -0.25) is 9.78 Å². The quantitative estimate of drug-likeness (QED) is 0.896. The molecule has 1 aliphatic heterocycles. The molecule has 2 rings (SSSR count). The minimum Gasteiger partial charge on any atom is -0.480 e. The second-order valence-corrected chi connectivity index (χ2v) is 5.27. The van der Waals surface area contributed by atoms with Crippen molar-refractivity contribution in [2.45, 2.75) is 37.8 Å². The topological polar surface area (TPSA) is 62.2 Å².